The molecule has 306 valence electrons. The normalized spacial score (nSPS) is 25.7. The lowest BCUT2D eigenvalue weighted by molar-refractivity contribution is -0.172. The van der Waals surface area contributed by atoms with E-state index in [4.69, 9.17) is 28.4 Å². The van der Waals surface area contributed by atoms with Gasteiger partial charge in [-0.15, -0.1) is 0 Å². The third-order valence-corrected chi connectivity index (χ3v) is 10.3. The number of hydrogen-bond donors (Lipinski definition) is 4. The van der Waals surface area contributed by atoms with Gasteiger partial charge in [-0.25, -0.2) is 0 Å². The average Bonchev–Trinajstić information content (AvgIpc) is 4.09. The minimum atomic E-state index is -0.668. The summed E-state index contributed by atoms with van der Waals surface area (Å²) in [7, 11) is 1.67. The monoisotopic (exact) mass is 772 g/mol. The number of rotatable bonds is 26. The fourth-order valence-corrected chi connectivity index (χ4v) is 7.27. The van der Waals surface area contributed by atoms with Crippen LogP contribution in [0.3, 0.4) is 0 Å². The van der Waals surface area contributed by atoms with Crippen LogP contribution in [-0.2, 0) is 58.8 Å². The zero-order valence-corrected chi connectivity index (χ0v) is 32.7. The Morgan fingerprint density at radius 2 is 1.71 bits per heavy atom. The number of benzene rings is 1. The van der Waals surface area contributed by atoms with Gasteiger partial charge in [0.1, 0.15) is 29.7 Å². The van der Waals surface area contributed by atoms with Gasteiger partial charge in [0.25, 0.3) is 0 Å². The molecule has 0 radical (unpaired) electrons. The summed E-state index contributed by atoms with van der Waals surface area (Å²) in [4.78, 5) is 60.2. The minimum absolute atomic E-state index is 0.0199. The first-order chi connectivity index (χ1) is 26.5. The van der Waals surface area contributed by atoms with Crippen LogP contribution < -0.4 is 21.3 Å². The number of nitrogens with one attached hydrogen (secondary N) is 4. The average molecular weight is 773 g/mol. The van der Waals surface area contributed by atoms with Crippen molar-refractivity contribution in [2.24, 2.45) is 5.92 Å². The Labute approximate surface area is 324 Å². The number of aldehydes is 1. The summed E-state index contributed by atoms with van der Waals surface area (Å²) < 4.78 is 35.3. The predicted molar refractivity (Wildman–Crippen MR) is 202 cm³/mol. The molecular formula is C40H60N4O11. The van der Waals surface area contributed by atoms with Crippen molar-refractivity contribution in [2.75, 3.05) is 66.3 Å². The van der Waals surface area contributed by atoms with Crippen LogP contribution in [0.25, 0.3) is 0 Å². The Balaban J connectivity index is 1.04. The van der Waals surface area contributed by atoms with E-state index in [1.165, 1.54) is 5.57 Å². The largest absolute Gasteiger partial charge is 0.460 e. The number of methoxy groups -OCH3 is 1. The van der Waals surface area contributed by atoms with E-state index in [9.17, 15) is 24.0 Å². The number of ether oxygens (including phenoxy) is 6. The van der Waals surface area contributed by atoms with Gasteiger partial charge in [-0.1, -0.05) is 42.0 Å². The van der Waals surface area contributed by atoms with Gasteiger partial charge in [-0.05, 0) is 58.4 Å². The molecule has 15 nitrogen and oxygen atoms in total. The summed E-state index contributed by atoms with van der Waals surface area (Å²) in [6.45, 7) is 8.50. The Hall–Kier alpha value is -3.73. The molecule has 4 N–H and O–H groups in total. The van der Waals surface area contributed by atoms with Crippen molar-refractivity contribution in [3.8, 4) is 0 Å². The molecule has 2 aliphatic heterocycles. The Morgan fingerprint density at radius 3 is 2.40 bits per heavy atom. The molecule has 0 aromatic heterocycles. The first kappa shape index (κ1) is 44.0. The summed E-state index contributed by atoms with van der Waals surface area (Å²) in [6.07, 6.45) is 5.74. The van der Waals surface area contributed by atoms with Crippen LogP contribution in [0.4, 0.5) is 0 Å². The van der Waals surface area contributed by atoms with Crippen molar-refractivity contribution in [3.63, 3.8) is 0 Å². The van der Waals surface area contributed by atoms with Gasteiger partial charge in [-0.3, -0.25) is 19.2 Å². The van der Waals surface area contributed by atoms with Crippen LogP contribution in [0.2, 0.25) is 0 Å². The molecule has 3 fully saturated rings. The van der Waals surface area contributed by atoms with Gasteiger partial charge in [0.05, 0.1) is 57.6 Å². The van der Waals surface area contributed by atoms with Crippen molar-refractivity contribution in [1.82, 2.24) is 21.3 Å². The fraction of sp³-hybridized carbons (Fsp3) is 0.675. The maximum Gasteiger partial charge on any atom is 0.306 e. The van der Waals surface area contributed by atoms with Gasteiger partial charge >= 0.3 is 5.97 Å². The third kappa shape index (κ3) is 14.1. The highest BCUT2D eigenvalue weighted by molar-refractivity contribution is 5.88. The number of esters is 1. The molecule has 3 unspecified atom stereocenters. The van der Waals surface area contributed by atoms with E-state index in [1.54, 1.807) is 7.11 Å². The standard InChI is InChI=1S/C40H60N4O11/c1-28(2)12-13-32-39(3,55-32)37-36(50-4)31(14-16-40(37)27-53-40)54-35(48)11-8-21-51-23-24-52-22-19-43-33(46)15-17-41-30(25-29-9-6-5-7-10-29)38(49)44-26-34(47)42-18-20-45/h5-7,9-10,12,20,30-32,36-37,41H,8,11,13-19,21-27H2,1-4H3,(H,42,47)(H,43,46)(H,44,49)/t30-,31?,32+,36?,37?,39-,40-/m0/s1. The second-order valence-electron chi connectivity index (χ2n) is 14.7. The number of epoxide rings is 2. The SMILES string of the molecule is COC1C(OC(=O)CCCOCCOCCNC(=O)CCN[C@@H](Cc2ccccc2)C(=O)NCC(=O)NCC=O)CC[C@]2(CO2)C1[C@@]1(C)O[C@@H]1CC=C(C)C. The fourth-order valence-electron chi connectivity index (χ4n) is 7.27. The molecule has 2 heterocycles. The van der Waals surface area contributed by atoms with E-state index in [-0.39, 0.29) is 85.7 Å². The van der Waals surface area contributed by atoms with Crippen LogP contribution >= 0.6 is 0 Å². The Bertz CT molecular complexity index is 1440. The molecule has 15 heteroatoms. The van der Waals surface area contributed by atoms with E-state index in [0.717, 1.165) is 18.4 Å². The number of hydrogen-bond acceptors (Lipinski definition) is 12. The molecule has 3 amide bonds. The maximum absolute atomic E-state index is 12.8. The van der Waals surface area contributed by atoms with Gasteiger partial charge in [0.2, 0.25) is 17.7 Å². The van der Waals surface area contributed by atoms with Gasteiger partial charge in [0, 0.05) is 39.6 Å². The van der Waals surface area contributed by atoms with Gasteiger partial charge in [-0.2, -0.15) is 0 Å². The number of carbonyl (C=O) groups excluding carboxylic acids is 5. The number of carbonyl (C=O) groups is 5. The first-order valence-corrected chi connectivity index (χ1v) is 19.4. The number of amides is 3. The van der Waals surface area contributed by atoms with Gasteiger partial charge in [0.15, 0.2) is 0 Å². The zero-order chi connectivity index (χ0) is 39.7. The second-order valence-corrected chi connectivity index (χ2v) is 14.7. The molecule has 2 saturated heterocycles. The van der Waals surface area contributed by atoms with E-state index in [2.05, 4.69) is 48.1 Å². The summed E-state index contributed by atoms with van der Waals surface area (Å²) in [6, 6.07) is 8.73. The highest BCUT2D eigenvalue weighted by Crippen LogP contribution is 2.59. The molecule has 3 aliphatic rings. The summed E-state index contributed by atoms with van der Waals surface area (Å²) >= 11 is 0. The van der Waals surface area contributed by atoms with Crippen molar-refractivity contribution >= 4 is 30.0 Å². The molecule has 1 aromatic carbocycles. The van der Waals surface area contributed by atoms with Crippen LogP contribution in [0, 0.1) is 5.92 Å². The highest BCUT2D eigenvalue weighted by atomic mass is 16.6. The second kappa shape index (κ2) is 22.1. The van der Waals surface area contributed by atoms with E-state index in [0.29, 0.717) is 65.1 Å². The highest BCUT2D eigenvalue weighted by Gasteiger charge is 2.72. The van der Waals surface area contributed by atoms with Crippen molar-refractivity contribution in [3.05, 3.63) is 47.5 Å². The lowest BCUT2D eigenvalue weighted by Gasteiger charge is -2.42. The molecule has 55 heavy (non-hydrogen) atoms. The van der Waals surface area contributed by atoms with E-state index < -0.39 is 11.9 Å². The molecular weight excluding hydrogens is 712 g/mol. The molecule has 1 aliphatic carbocycles. The zero-order valence-electron chi connectivity index (χ0n) is 32.7. The topological polar surface area (TPSA) is 195 Å². The molecule has 1 aromatic rings. The van der Waals surface area contributed by atoms with Crippen LogP contribution in [0.1, 0.15) is 64.9 Å². The third-order valence-electron chi connectivity index (χ3n) is 10.3. The van der Waals surface area contributed by atoms with Gasteiger partial charge < -0.3 is 54.5 Å². The van der Waals surface area contributed by atoms with Crippen LogP contribution in [0.15, 0.2) is 42.0 Å². The van der Waals surface area contributed by atoms with Crippen LogP contribution in [0.5, 0.6) is 0 Å². The molecule has 1 saturated carbocycles. The van der Waals surface area contributed by atoms with E-state index >= 15 is 0 Å². The van der Waals surface area contributed by atoms with E-state index in [1.807, 2.05) is 30.3 Å². The lowest BCUT2D eigenvalue weighted by Crippen LogP contribution is -2.55. The molecule has 4 rings (SSSR count). The molecule has 7 atom stereocenters. The van der Waals surface area contributed by atoms with Crippen molar-refractivity contribution < 1.29 is 52.4 Å². The molecule has 1 spiro atoms. The summed E-state index contributed by atoms with van der Waals surface area (Å²) in [5.74, 6) is -1.36. The quantitative estimate of drug-likeness (QED) is 0.0350. The maximum atomic E-state index is 12.8. The number of allylic oxidation sites excluding steroid dienone is 1. The lowest BCUT2D eigenvalue weighted by atomic mass is 9.68. The van der Waals surface area contributed by atoms with Crippen molar-refractivity contribution in [1.29, 1.82) is 0 Å². The summed E-state index contributed by atoms with van der Waals surface area (Å²) in [5, 5.41) is 10.8. The van der Waals surface area contributed by atoms with Crippen LogP contribution in [-0.4, -0.2) is 132 Å². The smallest absolute Gasteiger partial charge is 0.306 e. The van der Waals surface area contributed by atoms with Crippen molar-refractivity contribution in [2.45, 2.75) is 101 Å². The minimum Gasteiger partial charge on any atom is -0.460 e. The summed E-state index contributed by atoms with van der Waals surface area (Å²) in [5.41, 5.74) is 1.52. The Kier molecular flexibility index (Phi) is 17.7. The first-order valence-electron chi connectivity index (χ1n) is 19.4. The molecule has 0 bridgehead atoms. The predicted octanol–water partition coefficient (Wildman–Crippen LogP) is 1.56. The Morgan fingerprint density at radius 1 is 0.964 bits per heavy atom.